The summed E-state index contributed by atoms with van der Waals surface area (Å²) in [4.78, 5) is 27.2. The number of H-pyrrole nitrogens is 1. The molecule has 0 bridgehead atoms. The number of amides is 3. The number of hydrogen-bond donors (Lipinski definition) is 3. The fourth-order valence-corrected chi connectivity index (χ4v) is 2.39. The molecular weight excluding hydrogens is 318 g/mol. The number of nitrogens with one attached hydrogen (secondary N) is 3. The van der Waals surface area contributed by atoms with Gasteiger partial charge in [0.25, 0.3) is 0 Å². The first-order valence-corrected chi connectivity index (χ1v) is 7.67. The Labute approximate surface area is 137 Å². The van der Waals surface area contributed by atoms with Crippen molar-refractivity contribution in [2.24, 2.45) is 0 Å². The van der Waals surface area contributed by atoms with E-state index in [0.717, 1.165) is 23.1 Å². The Balaban J connectivity index is 2.01. The van der Waals surface area contributed by atoms with Gasteiger partial charge in [-0.05, 0) is 31.2 Å². The largest absolute Gasteiger partial charge is 0.497 e. The Bertz CT molecular complexity index is 686. The van der Waals surface area contributed by atoms with Crippen LogP contribution in [0.15, 0.2) is 29.4 Å². The average Bonchev–Trinajstić information content (AvgIpc) is 3.03. The molecule has 23 heavy (non-hydrogen) atoms. The fourth-order valence-electron chi connectivity index (χ4n) is 1.66. The standard InChI is InChI=1S/C14H17N5O3S/c1-8(12(20)17-13(21)15-2)23-14-16-11(18-19-14)9-4-6-10(22-3)7-5-9/h4-8H,1-3H3,(H,16,18,19)(H2,15,17,20,21)/t8-/m1/s1. The van der Waals surface area contributed by atoms with Crippen molar-refractivity contribution in [3.8, 4) is 17.1 Å². The molecule has 0 saturated carbocycles. The summed E-state index contributed by atoms with van der Waals surface area (Å²) in [7, 11) is 3.04. The second kappa shape index (κ2) is 7.63. The topological polar surface area (TPSA) is 109 Å². The summed E-state index contributed by atoms with van der Waals surface area (Å²) >= 11 is 1.16. The van der Waals surface area contributed by atoms with E-state index in [1.54, 1.807) is 14.0 Å². The maximum absolute atomic E-state index is 11.8. The fraction of sp³-hybridized carbons (Fsp3) is 0.286. The molecule has 3 amide bonds. The van der Waals surface area contributed by atoms with Crippen LogP contribution in [-0.4, -0.2) is 46.5 Å². The van der Waals surface area contributed by atoms with Gasteiger partial charge in [0.05, 0.1) is 12.4 Å². The van der Waals surface area contributed by atoms with Crippen molar-refractivity contribution in [1.29, 1.82) is 0 Å². The molecule has 0 spiro atoms. The number of benzene rings is 1. The Morgan fingerprint density at radius 2 is 2.00 bits per heavy atom. The number of carbonyl (C=O) groups is 2. The minimum atomic E-state index is -0.545. The number of imide groups is 1. The van der Waals surface area contributed by atoms with Crippen LogP contribution >= 0.6 is 11.8 Å². The summed E-state index contributed by atoms with van der Waals surface area (Å²) in [5.41, 5.74) is 0.854. The normalized spacial score (nSPS) is 11.6. The molecule has 3 N–H and O–H groups in total. The van der Waals surface area contributed by atoms with E-state index >= 15 is 0 Å². The number of urea groups is 1. The zero-order valence-electron chi connectivity index (χ0n) is 12.9. The predicted molar refractivity (Wildman–Crippen MR) is 86.3 cm³/mol. The molecule has 1 atom stereocenters. The van der Waals surface area contributed by atoms with Gasteiger partial charge in [-0.25, -0.2) is 9.78 Å². The molecule has 1 heterocycles. The smallest absolute Gasteiger partial charge is 0.321 e. The SMILES string of the molecule is CNC(=O)NC(=O)[C@@H](C)Sc1n[nH]c(-c2ccc(OC)cc2)n1. The average molecular weight is 335 g/mol. The Kier molecular flexibility index (Phi) is 5.58. The van der Waals surface area contributed by atoms with Crippen molar-refractivity contribution in [3.63, 3.8) is 0 Å². The molecule has 0 radical (unpaired) electrons. The van der Waals surface area contributed by atoms with Crippen LogP contribution < -0.4 is 15.4 Å². The lowest BCUT2D eigenvalue weighted by molar-refractivity contribution is -0.119. The number of ether oxygens (including phenoxy) is 1. The third kappa shape index (κ3) is 4.46. The van der Waals surface area contributed by atoms with Crippen LogP contribution in [0.4, 0.5) is 4.79 Å². The number of methoxy groups -OCH3 is 1. The van der Waals surface area contributed by atoms with Crippen LogP contribution in [0.2, 0.25) is 0 Å². The minimum absolute atomic E-state index is 0.412. The first-order chi connectivity index (χ1) is 11.0. The third-order valence-corrected chi connectivity index (χ3v) is 3.90. The highest BCUT2D eigenvalue weighted by molar-refractivity contribution is 8.00. The quantitative estimate of drug-likeness (QED) is 0.713. The number of carbonyl (C=O) groups excluding carboxylic acids is 2. The van der Waals surface area contributed by atoms with Crippen LogP contribution in [0.25, 0.3) is 11.4 Å². The molecule has 0 aliphatic heterocycles. The first-order valence-electron chi connectivity index (χ1n) is 6.79. The molecular formula is C14H17N5O3S. The van der Waals surface area contributed by atoms with E-state index in [4.69, 9.17) is 4.74 Å². The number of aromatic nitrogens is 3. The molecule has 8 nitrogen and oxygen atoms in total. The maximum Gasteiger partial charge on any atom is 0.321 e. The molecule has 0 saturated heterocycles. The van der Waals surface area contributed by atoms with Gasteiger partial charge in [-0.1, -0.05) is 11.8 Å². The minimum Gasteiger partial charge on any atom is -0.497 e. The van der Waals surface area contributed by atoms with Gasteiger partial charge in [-0.3, -0.25) is 15.2 Å². The second-order valence-electron chi connectivity index (χ2n) is 4.52. The number of aromatic amines is 1. The van der Waals surface area contributed by atoms with E-state index in [0.29, 0.717) is 11.0 Å². The Morgan fingerprint density at radius 1 is 1.30 bits per heavy atom. The number of thioether (sulfide) groups is 1. The van der Waals surface area contributed by atoms with Crippen LogP contribution in [0.3, 0.4) is 0 Å². The molecule has 9 heteroatoms. The van der Waals surface area contributed by atoms with Gasteiger partial charge < -0.3 is 10.1 Å². The molecule has 122 valence electrons. The van der Waals surface area contributed by atoms with Crippen molar-refractivity contribution in [2.75, 3.05) is 14.2 Å². The van der Waals surface area contributed by atoms with Gasteiger partial charge >= 0.3 is 6.03 Å². The lowest BCUT2D eigenvalue weighted by Gasteiger charge is -2.08. The summed E-state index contributed by atoms with van der Waals surface area (Å²) in [5.74, 6) is 0.932. The zero-order valence-corrected chi connectivity index (χ0v) is 13.7. The molecule has 0 aliphatic rings. The van der Waals surface area contributed by atoms with Gasteiger partial charge in [-0.2, -0.15) is 0 Å². The highest BCUT2D eigenvalue weighted by Crippen LogP contribution is 2.24. The van der Waals surface area contributed by atoms with Crippen LogP contribution in [0, 0.1) is 0 Å². The van der Waals surface area contributed by atoms with E-state index in [-0.39, 0.29) is 0 Å². The van der Waals surface area contributed by atoms with Crippen LogP contribution in [-0.2, 0) is 4.79 Å². The number of nitrogens with zero attached hydrogens (tertiary/aromatic N) is 2. The van der Waals surface area contributed by atoms with E-state index < -0.39 is 17.2 Å². The van der Waals surface area contributed by atoms with Crippen LogP contribution in [0.1, 0.15) is 6.92 Å². The molecule has 0 fully saturated rings. The van der Waals surface area contributed by atoms with E-state index in [2.05, 4.69) is 25.8 Å². The highest BCUT2D eigenvalue weighted by Gasteiger charge is 2.19. The first kappa shape index (κ1) is 16.8. The summed E-state index contributed by atoms with van der Waals surface area (Å²) < 4.78 is 5.10. The maximum atomic E-state index is 11.8. The molecule has 1 aromatic heterocycles. The molecule has 1 aromatic carbocycles. The summed E-state index contributed by atoms with van der Waals surface area (Å²) in [6.45, 7) is 1.67. The third-order valence-electron chi connectivity index (χ3n) is 2.94. The number of hydrogen-bond acceptors (Lipinski definition) is 6. The molecule has 2 aromatic rings. The van der Waals surface area contributed by atoms with Gasteiger partial charge in [0.15, 0.2) is 5.82 Å². The summed E-state index contributed by atoms with van der Waals surface area (Å²) in [5, 5.41) is 11.3. The predicted octanol–water partition coefficient (Wildman–Crippen LogP) is 1.42. The van der Waals surface area contributed by atoms with Gasteiger partial charge in [-0.15, -0.1) is 5.10 Å². The summed E-state index contributed by atoms with van der Waals surface area (Å²) in [6.07, 6.45) is 0. The summed E-state index contributed by atoms with van der Waals surface area (Å²) in [6, 6.07) is 6.82. The van der Waals surface area contributed by atoms with Crippen molar-refractivity contribution < 1.29 is 14.3 Å². The van der Waals surface area contributed by atoms with Crippen molar-refractivity contribution >= 4 is 23.7 Å². The Hall–Kier alpha value is -2.55. The number of rotatable bonds is 5. The highest BCUT2D eigenvalue weighted by atomic mass is 32.2. The second-order valence-corrected chi connectivity index (χ2v) is 5.83. The lowest BCUT2D eigenvalue weighted by atomic mass is 10.2. The van der Waals surface area contributed by atoms with Crippen molar-refractivity contribution in [1.82, 2.24) is 25.8 Å². The Morgan fingerprint density at radius 3 is 2.61 bits per heavy atom. The lowest BCUT2D eigenvalue weighted by Crippen LogP contribution is -2.41. The van der Waals surface area contributed by atoms with Gasteiger partial charge in [0.1, 0.15) is 5.75 Å². The zero-order chi connectivity index (χ0) is 16.8. The van der Waals surface area contributed by atoms with Crippen molar-refractivity contribution in [2.45, 2.75) is 17.3 Å². The molecule has 0 unspecified atom stereocenters. The van der Waals surface area contributed by atoms with Crippen LogP contribution in [0.5, 0.6) is 5.75 Å². The molecule has 0 aliphatic carbocycles. The van der Waals surface area contributed by atoms with Crippen molar-refractivity contribution in [3.05, 3.63) is 24.3 Å². The van der Waals surface area contributed by atoms with E-state index in [9.17, 15) is 9.59 Å². The van der Waals surface area contributed by atoms with E-state index in [1.165, 1.54) is 7.05 Å². The monoisotopic (exact) mass is 335 g/mol. The molecule has 2 rings (SSSR count). The van der Waals surface area contributed by atoms with Gasteiger partial charge in [0, 0.05) is 12.6 Å². The van der Waals surface area contributed by atoms with Gasteiger partial charge in [0.2, 0.25) is 11.1 Å². The van der Waals surface area contributed by atoms with E-state index in [1.807, 2.05) is 24.3 Å².